The maximum Gasteiger partial charge on any atom is 0.138 e. The summed E-state index contributed by atoms with van der Waals surface area (Å²) in [7, 11) is 0. The van der Waals surface area contributed by atoms with Crippen molar-refractivity contribution in [3.63, 3.8) is 0 Å². The first-order valence-electron chi connectivity index (χ1n) is 6.52. The Kier molecular flexibility index (Phi) is 3.78. The van der Waals surface area contributed by atoms with E-state index in [-0.39, 0.29) is 18.6 Å². The minimum absolute atomic E-state index is 0.00717. The standard InChI is InChI=1S/C14H21N3O2/c1-8(2)13(7-18)17-12-5-4-10(15)6-11(12)16-14(17)9(3)19/h4-6,8-9,13,18-19H,7,15H2,1-3H3/t9?,13-/m0/s1. The first-order chi connectivity index (χ1) is 8.95. The van der Waals surface area contributed by atoms with E-state index in [1.165, 1.54) is 0 Å². The summed E-state index contributed by atoms with van der Waals surface area (Å²) in [6, 6.07) is 5.36. The number of aliphatic hydroxyl groups is 2. The normalized spacial score (nSPS) is 15.1. The van der Waals surface area contributed by atoms with Gasteiger partial charge >= 0.3 is 0 Å². The molecule has 0 saturated heterocycles. The number of hydrogen-bond acceptors (Lipinski definition) is 4. The van der Waals surface area contributed by atoms with Crippen LogP contribution in [-0.4, -0.2) is 26.4 Å². The molecule has 1 unspecified atom stereocenters. The smallest absolute Gasteiger partial charge is 0.138 e. The Bertz CT molecular complexity index is 575. The highest BCUT2D eigenvalue weighted by atomic mass is 16.3. The van der Waals surface area contributed by atoms with Crippen molar-refractivity contribution in [3.05, 3.63) is 24.0 Å². The van der Waals surface area contributed by atoms with E-state index in [1.807, 2.05) is 24.5 Å². The van der Waals surface area contributed by atoms with Crippen LogP contribution >= 0.6 is 0 Å². The molecule has 5 heteroatoms. The molecule has 0 bridgehead atoms. The van der Waals surface area contributed by atoms with Gasteiger partial charge in [-0.05, 0) is 31.0 Å². The number of hydrogen-bond donors (Lipinski definition) is 3. The van der Waals surface area contributed by atoms with E-state index in [0.29, 0.717) is 11.5 Å². The van der Waals surface area contributed by atoms with Crippen molar-refractivity contribution in [1.29, 1.82) is 0 Å². The van der Waals surface area contributed by atoms with Crippen LogP contribution in [0.25, 0.3) is 11.0 Å². The molecule has 0 saturated carbocycles. The summed E-state index contributed by atoms with van der Waals surface area (Å²) in [5.41, 5.74) is 8.04. The van der Waals surface area contributed by atoms with Crippen molar-refractivity contribution in [2.45, 2.75) is 32.9 Å². The van der Waals surface area contributed by atoms with Crippen molar-refractivity contribution in [2.24, 2.45) is 5.92 Å². The number of nitrogens with two attached hydrogens (primary N) is 1. The molecule has 2 aromatic rings. The van der Waals surface area contributed by atoms with E-state index in [2.05, 4.69) is 4.98 Å². The van der Waals surface area contributed by atoms with Crippen LogP contribution in [0.1, 0.15) is 38.7 Å². The van der Waals surface area contributed by atoms with Crippen molar-refractivity contribution in [3.8, 4) is 0 Å². The maximum absolute atomic E-state index is 9.90. The third-order valence-corrected chi connectivity index (χ3v) is 3.40. The zero-order valence-electron chi connectivity index (χ0n) is 11.5. The summed E-state index contributed by atoms with van der Waals surface area (Å²) >= 11 is 0. The van der Waals surface area contributed by atoms with Gasteiger partial charge in [0.15, 0.2) is 0 Å². The summed E-state index contributed by atoms with van der Waals surface area (Å²) in [4.78, 5) is 4.45. The monoisotopic (exact) mass is 263 g/mol. The number of rotatable bonds is 4. The number of nitrogens with zero attached hydrogens (tertiary/aromatic N) is 2. The second-order valence-electron chi connectivity index (χ2n) is 5.26. The number of fused-ring (bicyclic) bond motifs is 1. The van der Waals surface area contributed by atoms with Crippen LogP contribution in [0.4, 0.5) is 5.69 Å². The van der Waals surface area contributed by atoms with Gasteiger partial charge in [0.2, 0.25) is 0 Å². The van der Waals surface area contributed by atoms with Crippen molar-refractivity contribution in [1.82, 2.24) is 9.55 Å². The van der Waals surface area contributed by atoms with E-state index >= 15 is 0 Å². The fourth-order valence-electron chi connectivity index (χ4n) is 2.37. The van der Waals surface area contributed by atoms with E-state index in [0.717, 1.165) is 11.0 Å². The fourth-order valence-corrected chi connectivity index (χ4v) is 2.37. The molecule has 0 spiro atoms. The number of aromatic nitrogens is 2. The van der Waals surface area contributed by atoms with Gasteiger partial charge in [-0.3, -0.25) is 0 Å². The molecule has 1 heterocycles. The molecular weight excluding hydrogens is 242 g/mol. The lowest BCUT2D eigenvalue weighted by Crippen LogP contribution is -2.22. The molecule has 19 heavy (non-hydrogen) atoms. The highest BCUT2D eigenvalue weighted by Gasteiger charge is 2.23. The minimum atomic E-state index is -0.693. The van der Waals surface area contributed by atoms with Crippen LogP contribution in [0, 0.1) is 5.92 Å². The summed E-state index contributed by atoms with van der Waals surface area (Å²) in [6.07, 6.45) is -0.693. The summed E-state index contributed by atoms with van der Waals surface area (Å²) < 4.78 is 1.92. The Morgan fingerprint density at radius 3 is 2.53 bits per heavy atom. The van der Waals surface area contributed by atoms with Gasteiger partial charge in [-0.15, -0.1) is 0 Å². The molecule has 2 atom stereocenters. The van der Waals surface area contributed by atoms with Gasteiger partial charge < -0.3 is 20.5 Å². The van der Waals surface area contributed by atoms with Gasteiger partial charge in [0.05, 0.1) is 23.7 Å². The highest BCUT2D eigenvalue weighted by Crippen LogP contribution is 2.29. The molecule has 4 N–H and O–H groups in total. The molecule has 0 aliphatic heterocycles. The van der Waals surface area contributed by atoms with Crippen LogP contribution in [0.2, 0.25) is 0 Å². The van der Waals surface area contributed by atoms with Crippen molar-refractivity contribution >= 4 is 16.7 Å². The first kappa shape index (κ1) is 13.8. The molecular formula is C14H21N3O2. The van der Waals surface area contributed by atoms with Crippen molar-refractivity contribution in [2.75, 3.05) is 12.3 Å². The third kappa shape index (κ3) is 2.43. The molecule has 0 aliphatic rings. The lowest BCUT2D eigenvalue weighted by atomic mass is 10.0. The minimum Gasteiger partial charge on any atom is -0.399 e. The van der Waals surface area contributed by atoms with Gasteiger partial charge in [-0.1, -0.05) is 13.8 Å². The highest BCUT2D eigenvalue weighted by molar-refractivity contribution is 5.80. The lowest BCUT2D eigenvalue weighted by Gasteiger charge is -2.24. The summed E-state index contributed by atoms with van der Waals surface area (Å²) in [5.74, 6) is 0.797. The van der Waals surface area contributed by atoms with Gasteiger partial charge in [-0.2, -0.15) is 0 Å². The molecule has 0 amide bonds. The van der Waals surface area contributed by atoms with E-state index < -0.39 is 6.10 Å². The van der Waals surface area contributed by atoms with Gasteiger partial charge in [0, 0.05) is 5.69 Å². The van der Waals surface area contributed by atoms with Crippen LogP contribution < -0.4 is 5.73 Å². The number of imidazole rings is 1. The number of nitrogen functional groups attached to an aromatic ring is 1. The third-order valence-electron chi connectivity index (χ3n) is 3.40. The lowest BCUT2D eigenvalue weighted by molar-refractivity contribution is 0.157. The Hall–Kier alpha value is -1.59. The Balaban J connectivity index is 2.71. The van der Waals surface area contributed by atoms with Crippen LogP contribution in [0.3, 0.4) is 0 Å². The van der Waals surface area contributed by atoms with Crippen LogP contribution in [0.15, 0.2) is 18.2 Å². The Morgan fingerprint density at radius 1 is 1.32 bits per heavy atom. The topological polar surface area (TPSA) is 84.3 Å². The van der Waals surface area contributed by atoms with Crippen LogP contribution in [-0.2, 0) is 0 Å². The van der Waals surface area contributed by atoms with Gasteiger partial charge in [0.1, 0.15) is 11.9 Å². The predicted octanol–water partition coefficient (Wildman–Crippen LogP) is 1.86. The number of anilines is 1. The van der Waals surface area contributed by atoms with E-state index in [1.54, 1.807) is 19.1 Å². The Labute approximate surface area is 112 Å². The SMILES string of the molecule is CC(O)c1nc2cc(N)ccc2n1[C@@H](CO)C(C)C. The Morgan fingerprint density at radius 2 is 2.00 bits per heavy atom. The average molecular weight is 263 g/mol. The van der Waals surface area contributed by atoms with Gasteiger partial charge in [-0.25, -0.2) is 4.98 Å². The molecule has 0 radical (unpaired) electrons. The molecule has 0 fully saturated rings. The maximum atomic E-state index is 9.90. The number of aliphatic hydroxyl groups excluding tert-OH is 2. The quantitative estimate of drug-likeness (QED) is 0.735. The second-order valence-corrected chi connectivity index (χ2v) is 5.26. The number of benzene rings is 1. The molecule has 0 aliphatic carbocycles. The van der Waals surface area contributed by atoms with Gasteiger partial charge in [0.25, 0.3) is 0 Å². The summed E-state index contributed by atoms with van der Waals surface area (Å²) in [6.45, 7) is 5.76. The molecule has 1 aromatic heterocycles. The molecule has 104 valence electrons. The zero-order valence-corrected chi connectivity index (χ0v) is 11.5. The average Bonchev–Trinajstić information content (AvgIpc) is 2.68. The van der Waals surface area contributed by atoms with Crippen LogP contribution in [0.5, 0.6) is 0 Å². The van der Waals surface area contributed by atoms with Crippen molar-refractivity contribution < 1.29 is 10.2 Å². The van der Waals surface area contributed by atoms with E-state index in [9.17, 15) is 10.2 Å². The second kappa shape index (κ2) is 5.19. The fraction of sp³-hybridized carbons (Fsp3) is 0.500. The first-order valence-corrected chi connectivity index (χ1v) is 6.52. The largest absolute Gasteiger partial charge is 0.399 e. The molecule has 5 nitrogen and oxygen atoms in total. The zero-order chi connectivity index (χ0) is 14.2. The summed E-state index contributed by atoms with van der Waals surface area (Å²) in [5, 5.41) is 19.5. The van der Waals surface area contributed by atoms with E-state index in [4.69, 9.17) is 5.73 Å². The molecule has 2 rings (SSSR count). The molecule has 1 aromatic carbocycles. The predicted molar refractivity (Wildman–Crippen MR) is 75.7 cm³/mol.